The molecule has 22 heavy (non-hydrogen) atoms. The van der Waals surface area contributed by atoms with Gasteiger partial charge in [0.1, 0.15) is 0 Å². The minimum Gasteiger partial charge on any atom is -0.465 e. The van der Waals surface area contributed by atoms with Gasteiger partial charge in [0.15, 0.2) is 0 Å². The van der Waals surface area contributed by atoms with Crippen molar-refractivity contribution in [2.24, 2.45) is 5.92 Å². The maximum Gasteiger partial charge on any atom is 0.407 e. The quantitative estimate of drug-likeness (QED) is 0.900. The van der Waals surface area contributed by atoms with Crippen LogP contribution >= 0.6 is 15.9 Å². The molecule has 1 N–H and O–H groups in total. The van der Waals surface area contributed by atoms with Gasteiger partial charge in [0.25, 0.3) is 0 Å². The van der Waals surface area contributed by atoms with Crippen molar-refractivity contribution < 1.29 is 9.90 Å². The van der Waals surface area contributed by atoms with Crippen molar-refractivity contribution in [3.8, 4) is 0 Å². The fourth-order valence-electron chi connectivity index (χ4n) is 3.20. The van der Waals surface area contributed by atoms with Crippen molar-refractivity contribution in [3.63, 3.8) is 0 Å². The number of carbonyl (C=O) groups is 1. The first-order chi connectivity index (χ1) is 10.6. The average molecular weight is 366 g/mol. The lowest BCUT2D eigenvalue weighted by Gasteiger charge is -2.29. The molecular weight excluding hydrogens is 346 g/mol. The zero-order valence-electron chi connectivity index (χ0n) is 12.6. The summed E-state index contributed by atoms with van der Waals surface area (Å²) in [5, 5.41) is 14.9. The lowest BCUT2D eigenvalue weighted by Crippen LogP contribution is -2.38. The van der Waals surface area contributed by atoms with E-state index in [1.54, 1.807) is 0 Å². The maximum atomic E-state index is 10.9. The van der Waals surface area contributed by atoms with Crippen LogP contribution in [0.2, 0.25) is 0 Å². The van der Waals surface area contributed by atoms with E-state index in [9.17, 15) is 4.79 Å². The minimum absolute atomic E-state index is 0.499. The maximum absolute atomic E-state index is 10.9. The number of amides is 1. The lowest BCUT2D eigenvalue weighted by molar-refractivity contribution is 0.121. The molecule has 1 aromatic heterocycles. The van der Waals surface area contributed by atoms with E-state index in [2.05, 4.69) is 40.2 Å². The third kappa shape index (κ3) is 2.97. The van der Waals surface area contributed by atoms with Crippen LogP contribution in [-0.4, -0.2) is 39.0 Å². The second-order valence-corrected chi connectivity index (χ2v) is 6.73. The Labute approximate surface area is 138 Å². The minimum atomic E-state index is -0.805. The number of piperidine rings is 1. The van der Waals surface area contributed by atoms with Crippen molar-refractivity contribution in [1.29, 1.82) is 0 Å². The summed E-state index contributed by atoms with van der Waals surface area (Å²) >= 11 is 3.61. The average Bonchev–Trinajstić information content (AvgIpc) is 2.90. The van der Waals surface area contributed by atoms with E-state index in [1.165, 1.54) is 15.8 Å². The summed E-state index contributed by atoms with van der Waals surface area (Å²) in [4.78, 5) is 12.4. The third-order valence-electron chi connectivity index (χ3n) is 4.48. The molecule has 3 rings (SSSR count). The predicted octanol–water partition coefficient (Wildman–Crippen LogP) is 3.75. The van der Waals surface area contributed by atoms with Crippen molar-refractivity contribution in [1.82, 2.24) is 14.7 Å². The van der Waals surface area contributed by atoms with E-state index >= 15 is 0 Å². The number of carboxylic acid groups (broad SMARTS) is 1. The Morgan fingerprint density at radius 3 is 2.77 bits per heavy atom. The van der Waals surface area contributed by atoms with Crippen molar-refractivity contribution in [2.45, 2.75) is 32.7 Å². The number of likely N-dealkylation sites (tertiary alicyclic amines) is 1. The van der Waals surface area contributed by atoms with E-state index in [-0.39, 0.29) is 0 Å². The first-order valence-corrected chi connectivity index (χ1v) is 8.50. The highest BCUT2D eigenvalue weighted by Gasteiger charge is 2.22. The van der Waals surface area contributed by atoms with E-state index in [4.69, 9.17) is 5.11 Å². The number of rotatable bonds is 3. The summed E-state index contributed by atoms with van der Waals surface area (Å²) in [7, 11) is 0. The van der Waals surface area contributed by atoms with Crippen molar-refractivity contribution in [3.05, 3.63) is 28.4 Å². The number of benzene rings is 1. The highest BCUT2D eigenvalue weighted by molar-refractivity contribution is 9.10. The molecule has 0 aliphatic carbocycles. The van der Waals surface area contributed by atoms with E-state index in [1.807, 2.05) is 10.7 Å². The van der Waals surface area contributed by atoms with E-state index in [0.29, 0.717) is 19.0 Å². The Kier molecular flexibility index (Phi) is 4.38. The molecule has 1 aliphatic heterocycles. The van der Waals surface area contributed by atoms with Crippen LogP contribution in [0.3, 0.4) is 0 Å². The predicted molar refractivity (Wildman–Crippen MR) is 89.1 cm³/mol. The van der Waals surface area contributed by atoms with Gasteiger partial charge in [0, 0.05) is 35.7 Å². The summed E-state index contributed by atoms with van der Waals surface area (Å²) in [5.74, 6) is 0.499. The number of hydrogen-bond acceptors (Lipinski definition) is 2. The van der Waals surface area contributed by atoms with E-state index in [0.717, 1.165) is 35.8 Å². The van der Waals surface area contributed by atoms with Gasteiger partial charge in [0.2, 0.25) is 0 Å². The zero-order valence-corrected chi connectivity index (χ0v) is 14.2. The normalized spacial score (nSPS) is 16.4. The number of aromatic nitrogens is 2. The van der Waals surface area contributed by atoms with Gasteiger partial charge in [0.05, 0.1) is 5.52 Å². The van der Waals surface area contributed by atoms with E-state index < -0.39 is 6.09 Å². The molecular formula is C16H20BrN3O2. The van der Waals surface area contributed by atoms with Gasteiger partial charge in [-0.3, -0.25) is 4.68 Å². The molecule has 1 aromatic carbocycles. The molecule has 1 aliphatic rings. The second-order valence-electron chi connectivity index (χ2n) is 5.88. The zero-order chi connectivity index (χ0) is 15.7. The Bertz CT molecular complexity index is 690. The Balaban J connectivity index is 1.74. The van der Waals surface area contributed by atoms with Crippen LogP contribution in [0.25, 0.3) is 10.9 Å². The van der Waals surface area contributed by atoms with Gasteiger partial charge < -0.3 is 10.0 Å². The van der Waals surface area contributed by atoms with Gasteiger partial charge in [-0.2, -0.15) is 5.10 Å². The number of nitrogens with zero attached hydrogens (tertiary/aromatic N) is 3. The number of hydrogen-bond donors (Lipinski definition) is 1. The number of fused-ring (bicyclic) bond motifs is 1. The van der Waals surface area contributed by atoms with Crippen LogP contribution in [0.15, 0.2) is 22.8 Å². The van der Waals surface area contributed by atoms with Crippen molar-refractivity contribution in [2.75, 3.05) is 13.1 Å². The smallest absolute Gasteiger partial charge is 0.407 e. The van der Waals surface area contributed by atoms with Gasteiger partial charge in [-0.05, 0) is 42.9 Å². The van der Waals surface area contributed by atoms with Gasteiger partial charge >= 0.3 is 6.09 Å². The molecule has 2 aromatic rings. The monoisotopic (exact) mass is 365 g/mol. The highest BCUT2D eigenvalue weighted by Crippen LogP contribution is 2.27. The van der Waals surface area contributed by atoms with Crippen LogP contribution in [0.1, 0.15) is 25.3 Å². The summed E-state index contributed by atoms with van der Waals surface area (Å²) in [5.41, 5.74) is 2.33. The van der Waals surface area contributed by atoms with Crippen molar-refractivity contribution >= 4 is 32.9 Å². The molecule has 1 fully saturated rings. The molecule has 0 saturated carbocycles. The molecule has 0 unspecified atom stereocenters. The topological polar surface area (TPSA) is 58.4 Å². The van der Waals surface area contributed by atoms with Crippen LogP contribution in [0.4, 0.5) is 4.79 Å². The summed E-state index contributed by atoms with van der Waals surface area (Å²) < 4.78 is 3.16. The summed E-state index contributed by atoms with van der Waals surface area (Å²) in [6.45, 7) is 4.28. The fourth-order valence-corrected chi connectivity index (χ4v) is 3.82. The molecule has 0 radical (unpaired) electrons. The molecule has 0 spiro atoms. The first kappa shape index (κ1) is 15.3. The molecule has 0 bridgehead atoms. The van der Waals surface area contributed by atoms with Gasteiger partial charge in [-0.15, -0.1) is 0 Å². The molecule has 5 nitrogen and oxygen atoms in total. The fraction of sp³-hybridized carbons (Fsp3) is 0.500. The largest absolute Gasteiger partial charge is 0.465 e. The first-order valence-electron chi connectivity index (χ1n) is 7.71. The third-order valence-corrected chi connectivity index (χ3v) is 5.22. The Morgan fingerprint density at radius 1 is 1.41 bits per heavy atom. The van der Waals surface area contributed by atoms with Crippen LogP contribution < -0.4 is 0 Å². The van der Waals surface area contributed by atoms with Gasteiger partial charge in [-0.25, -0.2) is 4.79 Å². The van der Waals surface area contributed by atoms with Crippen LogP contribution in [0.5, 0.6) is 0 Å². The Morgan fingerprint density at radius 2 is 2.14 bits per heavy atom. The molecule has 1 saturated heterocycles. The Hall–Kier alpha value is -1.56. The molecule has 6 heteroatoms. The van der Waals surface area contributed by atoms with Gasteiger partial charge in [-0.1, -0.05) is 22.9 Å². The molecule has 118 valence electrons. The number of aryl methyl sites for hydroxylation is 1. The number of halogens is 1. The summed E-state index contributed by atoms with van der Waals surface area (Å²) in [6.07, 6.45) is 4.11. The standard InChI is InChI=1S/C16H20BrN3O2/c1-2-12-13-10-20(18-15(13)4-3-14(12)17)9-11-5-7-19(8-6-11)16(21)22/h3-4,10-11H,2,5-9H2,1H3,(H,21,22). The molecule has 2 heterocycles. The SMILES string of the molecule is CCc1c(Br)ccc2nn(CC3CCN(C(=O)O)CC3)cc12. The lowest BCUT2D eigenvalue weighted by atomic mass is 9.97. The second kappa shape index (κ2) is 6.28. The molecule has 0 atom stereocenters. The van der Waals surface area contributed by atoms with Crippen LogP contribution in [-0.2, 0) is 13.0 Å². The van der Waals surface area contributed by atoms with Crippen LogP contribution in [0, 0.1) is 5.92 Å². The highest BCUT2D eigenvalue weighted by atomic mass is 79.9. The molecule has 1 amide bonds. The summed E-state index contributed by atoms with van der Waals surface area (Å²) in [6, 6.07) is 4.10.